The van der Waals surface area contributed by atoms with Gasteiger partial charge in [-0.3, -0.25) is 4.79 Å². The van der Waals surface area contributed by atoms with E-state index in [9.17, 15) is 9.18 Å². The molecule has 0 unspecified atom stereocenters. The van der Waals surface area contributed by atoms with Crippen molar-refractivity contribution in [2.75, 3.05) is 0 Å². The summed E-state index contributed by atoms with van der Waals surface area (Å²) in [6.07, 6.45) is 10.8. The smallest absolute Gasteiger partial charge is 0.252 e. The lowest BCUT2D eigenvalue weighted by Gasteiger charge is -2.07. The molecule has 2 rings (SSSR count). The van der Waals surface area contributed by atoms with E-state index >= 15 is 0 Å². The Labute approximate surface area is 161 Å². The minimum atomic E-state index is -0.483. The van der Waals surface area contributed by atoms with Gasteiger partial charge in [-0.15, -0.1) is 0 Å². The first-order chi connectivity index (χ1) is 12.6. The summed E-state index contributed by atoms with van der Waals surface area (Å²) in [5.41, 5.74) is 2.93. The van der Waals surface area contributed by atoms with Crippen molar-refractivity contribution in [3.63, 3.8) is 0 Å². The fraction of sp³-hybridized carbons (Fsp3) is 0.435. The molecule has 140 valence electrons. The average molecular weight is 375 g/mol. The molecular weight excluding hydrogens is 347 g/mol. The van der Waals surface area contributed by atoms with Crippen LogP contribution < -0.4 is 0 Å². The zero-order chi connectivity index (χ0) is 18.8. The molecule has 0 aliphatic heterocycles. The maximum Gasteiger partial charge on any atom is 0.252 e. The molecule has 0 radical (unpaired) electrons. The van der Waals surface area contributed by atoms with Crippen LogP contribution in [-0.2, 0) is 6.42 Å². The van der Waals surface area contributed by atoms with Crippen LogP contribution in [0.4, 0.5) is 4.39 Å². The molecule has 2 aromatic rings. The number of hydrogen-bond acceptors (Lipinski definition) is 1. The van der Waals surface area contributed by atoms with Crippen molar-refractivity contribution in [3.05, 3.63) is 59.4 Å². The predicted molar refractivity (Wildman–Crippen MR) is 108 cm³/mol. The Hall–Kier alpha value is -1.67. The molecule has 0 spiro atoms. The predicted octanol–water partition coefficient (Wildman–Crippen LogP) is 7.55. The van der Waals surface area contributed by atoms with Gasteiger partial charge in [0, 0.05) is 5.56 Å². The normalized spacial score (nSPS) is 10.9. The number of benzene rings is 2. The minimum Gasteiger partial charge on any atom is -0.276 e. The number of carbonyl (C=O) groups is 1. The molecular formula is C23H28ClFO. The van der Waals surface area contributed by atoms with Gasteiger partial charge in [-0.2, -0.15) is 0 Å². The van der Waals surface area contributed by atoms with Crippen molar-refractivity contribution in [1.29, 1.82) is 0 Å². The molecule has 1 nitrogen and oxygen atoms in total. The van der Waals surface area contributed by atoms with Crippen LogP contribution in [0.1, 0.15) is 74.2 Å². The van der Waals surface area contributed by atoms with Crippen LogP contribution in [0, 0.1) is 5.82 Å². The third kappa shape index (κ3) is 6.57. The number of halogens is 2. The second-order valence-corrected chi connectivity index (χ2v) is 7.23. The van der Waals surface area contributed by atoms with Gasteiger partial charge in [0.05, 0.1) is 0 Å². The molecule has 0 aliphatic carbocycles. The van der Waals surface area contributed by atoms with E-state index in [1.54, 1.807) is 30.3 Å². The van der Waals surface area contributed by atoms with Crippen LogP contribution in [0.2, 0.25) is 0 Å². The van der Waals surface area contributed by atoms with Gasteiger partial charge >= 0.3 is 0 Å². The van der Waals surface area contributed by atoms with Gasteiger partial charge in [-0.25, -0.2) is 4.39 Å². The highest BCUT2D eigenvalue weighted by atomic mass is 35.5. The van der Waals surface area contributed by atoms with E-state index in [2.05, 4.69) is 6.92 Å². The van der Waals surface area contributed by atoms with Crippen LogP contribution >= 0.6 is 11.6 Å². The Bertz CT molecular complexity index is 694. The fourth-order valence-electron chi connectivity index (χ4n) is 3.17. The number of aryl methyl sites for hydroxylation is 1. The third-order valence-electron chi connectivity index (χ3n) is 4.80. The Kier molecular flexibility index (Phi) is 8.84. The second kappa shape index (κ2) is 11.1. The van der Waals surface area contributed by atoms with Gasteiger partial charge in [0.2, 0.25) is 0 Å². The number of rotatable bonds is 11. The lowest BCUT2D eigenvalue weighted by atomic mass is 9.99. The van der Waals surface area contributed by atoms with E-state index in [1.165, 1.54) is 44.9 Å². The zero-order valence-corrected chi connectivity index (χ0v) is 16.3. The van der Waals surface area contributed by atoms with E-state index in [4.69, 9.17) is 11.6 Å². The van der Waals surface area contributed by atoms with Crippen LogP contribution in [0.3, 0.4) is 0 Å². The van der Waals surface area contributed by atoms with Crippen molar-refractivity contribution in [1.82, 2.24) is 0 Å². The Balaban J connectivity index is 1.82. The van der Waals surface area contributed by atoms with Crippen LogP contribution in [0.5, 0.6) is 0 Å². The molecule has 0 bridgehead atoms. The van der Waals surface area contributed by atoms with E-state index in [-0.39, 0.29) is 5.82 Å². The van der Waals surface area contributed by atoms with Crippen molar-refractivity contribution in [2.24, 2.45) is 0 Å². The van der Waals surface area contributed by atoms with Crippen LogP contribution in [0.15, 0.2) is 42.5 Å². The summed E-state index contributed by atoms with van der Waals surface area (Å²) < 4.78 is 14.4. The average Bonchev–Trinajstić information content (AvgIpc) is 2.65. The molecule has 3 heteroatoms. The fourth-order valence-corrected chi connectivity index (χ4v) is 3.30. The molecule has 2 aromatic carbocycles. The molecule has 0 saturated heterocycles. The highest BCUT2D eigenvalue weighted by Crippen LogP contribution is 2.24. The second-order valence-electron chi connectivity index (χ2n) is 6.88. The molecule has 0 atom stereocenters. The topological polar surface area (TPSA) is 17.1 Å². The summed E-state index contributed by atoms with van der Waals surface area (Å²) in [6, 6.07) is 12.3. The first kappa shape index (κ1) is 20.6. The highest BCUT2D eigenvalue weighted by molar-refractivity contribution is 6.67. The summed E-state index contributed by atoms with van der Waals surface area (Å²) in [7, 11) is 0. The SMILES string of the molecule is CCCCCCCCCCc1ccc(-c2ccc(C(=O)Cl)cc2)cc1F. The van der Waals surface area contributed by atoms with Crippen LogP contribution in [-0.4, -0.2) is 5.24 Å². The lowest BCUT2D eigenvalue weighted by molar-refractivity contribution is 0.108. The van der Waals surface area contributed by atoms with Crippen molar-refractivity contribution in [2.45, 2.75) is 64.7 Å². The maximum atomic E-state index is 14.4. The molecule has 0 aromatic heterocycles. The molecule has 0 aliphatic rings. The summed E-state index contributed by atoms with van der Waals surface area (Å²) in [5.74, 6) is -0.150. The number of unbranched alkanes of at least 4 members (excludes halogenated alkanes) is 7. The first-order valence-electron chi connectivity index (χ1n) is 9.70. The number of carbonyl (C=O) groups excluding carboxylic acids is 1. The van der Waals surface area contributed by atoms with Gasteiger partial charge in [-0.05, 0) is 59.3 Å². The van der Waals surface area contributed by atoms with E-state index in [0.717, 1.165) is 29.5 Å². The lowest BCUT2D eigenvalue weighted by Crippen LogP contribution is -1.93. The number of hydrogen-bond donors (Lipinski definition) is 0. The summed E-state index contributed by atoms with van der Waals surface area (Å²) >= 11 is 5.45. The molecule has 0 saturated carbocycles. The molecule has 0 fully saturated rings. The Morgan fingerprint density at radius 2 is 1.42 bits per heavy atom. The monoisotopic (exact) mass is 374 g/mol. The van der Waals surface area contributed by atoms with Crippen LogP contribution in [0.25, 0.3) is 11.1 Å². The zero-order valence-electron chi connectivity index (χ0n) is 15.6. The van der Waals surface area contributed by atoms with Gasteiger partial charge in [0.15, 0.2) is 0 Å². The minimum absolute atomic E-state index is 0.150. The van der Waals surface area contributed by atoms with Gasteiger partial charge in [-0.1, -0.05) is 76.1 Å². The van der Waals surface area contributed by atoms with Crippen molar-refractivity contribution < 1.29 is 9.18 Å². The van der Waals surface area contributed by atoms with Gasteiger partial charge < -0.3 is 0 Å². The van der Waals surface area contributed by atoms with E-state index in [0.29, 0.717) is 5.56 Å². The molecule has 26 heavy (non-hydrogen) atoms. The van der Waals surface area contributed by atoms with Gasteiger partial charge in [0.25, 0.3) is 5.24 Å². The summed E-state index contributed by atoms with van der Waals surface area (Å²) in [4.78, 5) is 11.1. The highest BCUT2D eigenvalue weighted by Gasteiger charge is 2.07. The van der Waals surface area contributed by atoms with Crippen molar-refractivity contribution in [3.8, 4) is 11.1 Å². The molecule has 0 amide bonds. The Morgan fingerprint density at radius 3 is 2.00 bits per heavy atom. The van der Waals surface area contributed by atoms with Gasteiger partial charge in [0.1, 0.15) is 5.82 Å². The third-order valence-corrected chi connectivity index (χ3v) is 5.02. The molecule has 0 heterocycles. The van der Waals surface area contributed by atoms with Crippen molar-refractivity contribution >= 4 is 16.8 Å². The Morgan fingerprint density at radius 1 is 0.846 bits per heavy atom. The standard InChI is InChI=1S/C23H28ClFO/c1-2-3-4-5-6-7-8-9-10-19-13-16-21(17-22(19)25)18-11-14-20(15-12-18)23(24)26/h11-17H,2-10H2,1H3. The largest absolute Gasteiger partial charge is 0.276 e. The molecule has 0 N–H and O–H groups in total. The summed E-state index contributed by atoms with van der Waals surface area (Å²) in [6.45, 7) is 2.23. The van der Waals surface area contributed by atoms with E-state index in [1.807, 2.05) is 12.1 Å². The maximum absolute atomic E-state index is 14.4. The quantitative estimate of drug-likeness (QED) is 0.293. The first-order valence-corrected chi connectivity index (χ1v) is 10.1. The summed E-state index contributed by atoms with van der Waals surface area (Å²) in [5, 5.41) is -0.483. The van der Waals surface area contributed by atoms with E-state index < -0.39 is 5.24 Å².